The van der Waals surface area contributed by atoms with Gasteiger partial charge < -0.3 is 10.1 Å². The average molecular weight is 302 g/mol. The summed E-state index contributed by atoms with van der Waals surface area (Å²) in [5.74, 6) is 0.253. The molecule has 1 amide bonds. The summed E-state index contributed by atoms with van der Waals surface area (Å²) in [7, 11) is 1.73. The topological polar surface area (TPSA) is 94.8 Å². The standard InChI is InChI=1S/C14H18N6O2/c1-22-11-4-2-10(3-5-11)18-14(21)12-6-15-7-13(19-12)20-9-16-8-17-20/h6-11H,2-5H2,1H3,(H,18,21). The summed E-state index contributed by atoms with van der Waals surface area (Å²) in [4.78, 5) is 24.5. The normalized spacial score (nSPS) is 21.5. The zero-order valence-corrected chi connectivity index (χ0v) is 12.3. The molecule has 1 aliphatic rings. The summed E-state index contributed by atoms with van der Waals surface area (Å²) in [6.07, 6.45) is 9.98. The van der Waals surface area contributed by atoms with Crippen LogP contribution in [0.15, 0.2) is 25.0 Å². The van der Waals surface area contributed by atoms with E-state index in [1.165, 1.54) is 29.7 Å². The van der Waals surface area contributed by atoms with Gasteiger partial charge in [-0.25, -0.2) is 14.6 Å². The van der Waals surface area contributed by atoms with Gasteiger partial charge in [-0.3, -0.25) is 9.78 Å². The molecule has 116 valence electrons. The number of carbonyl (C=O) groups excluding carboxylic acids is 1. The minimum absolute atomic E-state index is 0.163. The highest BCUT2D eigenvalue weighted by Gasteiger charge is 2.23. The molecule has 0 saturated heterocycles. The van der Waals surface area contributed by atoms with Crippen LogP contribution in [0.5, 0.6) is 0 Å². The molecule has 1 fully saturated rings. The molecule has 2 heterocycles. The van der Waals surface area contributed by atoms with Crippen LogP contribution in [-0.2, 0) is 4.74 Å². The van der Waals surface area contributed by atoms with Gasteiger partial charge in [0.2, 0.25) is 0 Å². The molecule has 1 N–H and O–H groups in total. The van der Waals surface area contributed by atoms with Crippen LogP contribution in [0.2, 0.25) is 0 Å². The molecule has 0 aromatic carbocycles. The highest BCUT2D eigenvalue weighted by atomic mass is 16.5. The Morgan fingerprint density at radius 1 is 1.27 bits per heavy atom. The first-order valence-electron chi connectivity index (χ1n) is 7.27. The third kappa shape index (κ3) is 3.28. The molecular weight excluding hydrogens is 284 g/mol. The first kappa shape index (κ1) is 14.6. The van der Waals surface area contributed by atoms with Crippen molar-refractivity contribution in [2.24, 2.45) is 0 Å². The van der Waals surface area contributed by atoms with Crippen molar-refractivity contribution in [1.29, 1.82) is 0 Å². The molecule has 8 heteroatoms. The Bertz CT molecular complexity index is 622. The fourth-order valence-corrected chi connectivity index (χ4v) is 2.60. The Balaban J connectivity index is 1.64. The number of hydrogen-bond donors (Lipinski definition) is 1. The minimum Gasteiger partial charge on any atom is -0.381 e. The zero-order chi connectivity index (χ0) is 15.4. The van der Waals surface area contributed by atoms with Crippen molar-refractivity contribution < 1.29 is 9.53 Å². The summed E-state index contributed by atoms with van der Waals surface area (Å²) in [5.41, 5.74) is 0.280. The lowest BCUT2D eigenvalue weighted by atomic mass is 9.93. The van der Waals surface area contributed by atoms with Gasteiger partial charge in [-0.2, -0.15) is 5.10 Å². The Labute approximate surface area is 127 Å². The van der Waals surface area contributed by atoms with Gasteiger partial charge in [0.25, 0.3) is 5.91 Å². The first-order chi connectivity index (χ1) is 10.8. The number of methoxy groups -OCH3 is 1. The van der Waals surface area contributed by atoms with E-state index in [-0.39, 0.29) is 17.6 Å². The number of nitrogens with zero attached hydrogens (tertiary/aromatic N) is 5. The van der Waals surface area contributed by atoms with Crippen molar-refractivity contribution in [3.05, 3.63) is 30.7 Å². The van der Waals surface area contributed by atoms with Crippen LogP contribution in [0.1, 0.15) is 36.2 Å². The van der Waals surface area contributed by atoms with E-state index in [1.54, 1.807) is 7.11 Å². The lowest BCUT2D eigenvalue weighted by Crippen LogP contribution is -2.39. The van der Waals surface area contributed by atoms with E-state index in [2.05, 4.69) is 25.4 Å². The average Bonchev–Trinajstić information content (AvgIpc) is 3.10. The van der Waals surface area contributed by atoms with E-state index in [9.17, 15) is 4.79 Å². The molecule has 1 saturated carbocycles. The largest absolute Gasteiger partial charge is 0.381 e. The minimum atomic E-state index is -0.213. The fraction of sp³-hybridized carbons (Fsp3) is 0.500. The summed E-state index contributed by atoms with van der Waals surface area (Å²) in [6.45, 7) is 0. The van der Waals surface area contributed by atoms with Crippen LogP contribution in [0, 0.1) is 0 Å². The van der Waals surface area contributed by atoms with E-state index >= 15 is 0 Å². The Kier molecular flexibility index (Phi) is 4.38. The van der Waals surface area contributed by atoms with E-state index < -0.39 is 0 Å². The zero-order valence-electron chi connectivity index (χ0n) is 12.3. The second-order valence-electron chi connectivity index (χ2n) is 5.29. The number of rotatable bonds is 4. The number of aromatic nitrogens is 5. The van der Waals surface area contributed by atoms with Crippen molar-refractivity contribution >= 4 is 5.91 Å². The van der Waals surface area contributed by atoms with Crippen LogP contribution in [0.3, 0.4) is 0 Å². The third-order valence-corrected chi connectivity index (χ3v) is 3.85. The van der Waals surface area contributed by atoms with Gasteiger partial charge in [-0.15, -0.1) is 0 Å². The van der Waals surface area contributed by atoms with Gasteiger partial charge in [-0.1, -0.05) is 0 Å². The molecule has 3 rings (SSSR count). The third-order valence-electron chi connectivity index (χ3n) is 3.85. The molecule has 0 radical (unpaired) electrons. The van der Waals surface area contributed by atoms with Gasteiger partial charge in [0.1, 0.15) is 18.3 Å². The number of carbonyl (C=O) groups is 1. The molecule has 1 aliphatic carbocycles. The molecular formula is C14H18N6O2. The SMILES string of the molecule is COC1CCC(NC(=O)c2cncc(-n3cncn3)n2)CC1. The maximum atomic E-state index is 12.3. The number of hydrogen-bond acceptors (Lipinski definition) is 6. The van der Waals surface area contributed by atoms with Crippen molar-refractivity contribution in [2.45, 2.75) is 37.8 Å². The quantitative estimate of drug-likeness (QED) is 0.895. The molecule has 2 aromatic rings. The molecule has 2 aromatic heterocycles. The number of ether oxygens (including phenoxy) is 1. The molecule has 0 aliphatic heterocycles. The number of amides is 1. The van der Waals surface area contributed by atoms with Gasteiger partial charge in [0, 0.05) is 13.2 Å². The van der Waals surface area contributed by atoms with Crippen LogP contribution in [0.4, 0.5) is 0 Å². The van der Waals surface area contributed by atoms with Crippen LogP contribution in [0.25, 0.3) is 5.82 Å². The van der Waals surface area contributed by atoms with E-state index in [0.29, 0.717) is 11.9 Å². The first-order valence-corrected chi connectivity index (χ1v) is 7.27. The summed E-state index contributed by atoms with van der Waals surface area (Å²) in [6, 6.07) is 0.163. The monoisotopic (exact) mass is 302 g/mol. The summed E-state index contributed by atoms with van der Waals surface area (Å²) >= 11 is 0. The molecule has 0 unspecified atom stereocenters. The van der Waals surface area contributed by atoms with Crippen LogP contribution >= 0.6 is 0 Å². The maximum absolute atomic E-state index is 12.3. The van der Waals surface area contributed by atoms with Gasteiger partial charge in [0.15, 0.2) is 5.82 Å². The van der Waals surface area contributed by atoms with Gasteiger partial charge >= 0.3 is 0 Å². The Morgan fingerprint density at radius 2 is 2.09 bits per heavy atom. The predicted octanol–water partition coefficient (Wildman–Crippen LogP) is 0.745. The van der Waals surface area contributed by atoms with Gasteiger partial charge in [0.05, 0.1) is 18.5 Å². The van der Waals surface area contributed by atoms with Crippen molar-refractivity contribution in [2.75, 3.05) is 7.11 Å². The van der Waals surface area contributed by atoms with E-state index in [0.717, 1.165) is 25.7 Å². The van der Waals surface area contributed by atoms with Crippen molar-refractivity contribution in [3.8, 4) is 5.82 Å². The molecule has 22 heavy (non-hydrogen) atoms. The molecule has 0 bridgehead atoms. The second-order valence-corrected chi connectivity index (χ2v) is 5.29. The molecule has 8 nitrogen and oxygen atoms in total. The highest BCUT2D eigenvalue weighted by molar-refractivity contribution is 5.92. The maximum Gasteiger partial charge on any atom is 0.271 e. The van der Waals surface area contributed by atoms with E-state index in [4.69, 9.17) is 4.74 Å². The lowest BCUT2D eigenvalue weighted by Gasteiger charge is -2.28. The lowest BCUT2D eigenvalue weighted by molar-refractivity contribution is 0.0598. The molecule has 0 atom stereocenters. The fourth-order valence-electron chi connectivity index (χ4n) is 2.60. The molecule has 0 spiro atoms. The number of nitrogens with one attached hydrogen (secondary N) is 1. The van der Waals surface area contributed by atoms with E-state index in [1.807, 2.05) is 0 Å². The van der Waals surface area contributed by atoms with Crippen LogP contribution in [-0.4, -0.2) is 49.9 Å². The summed E-state index contributed by atoms with van der Waals surface area (Å²) in [5, 5.41) is 6.99. The predicted molar refractivity (Wildman–Crippen MR) is 77.5 cm³/mol. The van der Waals surface area contributed by atoms with Crippen LogP contribution < -0.4 is 5.32 Å². The Hall–Kier alpha value is -2.35. The van der Waals surface area contributed by atoms with Gasteiger partial charge in [-0.05, 0) is 25.7 Å². The van der Waals surface area contributed by atoms with Crippen molar-refractivity contribution in [3.63, 3.8) is 0 Å². The summed E-state index contributed by atoms with van der Waals surface area (Å²) < 4.78 is 6.80. The van der Waals surface area contributed by atoms with Crippen molar-refractivity contribution in [1.82, 2.24) is 30.0 Å². The highest BCUT2D eigenvalue weighted by Crippen LogP contribution is 2.20. The Morgan fingerprint density at radius 3 is 2.77 bits per heavy atom. The second kappa shape index (κ2) is 6.61. The smallest absolute Gasteiger partial charge is 0.271 e.